The number of non-ortho nitro benzene ring substituents is 1. The van der Waals surface area contributed by atoms with Gasteiger partial charge in [-0.3, -0.25) is 25.0 Å². The standard InChI is InChI=1S/C16H12ClN3O5/c17-15-12(8-11(19(22)23)9-14(15)20(24)25)16(21)18-7-3-5-10-4-1-2-6-13(10)18/h1-2,4,6,8-9H,3,5,7H2. The van der Waals surface area contributed by atoms with Crippen LogP contribution < -0.4 is 4.90 Å². The minimum atomic E-state index is -0.837. The Kier molecular flexibility index (Phi) is 4.37. The van der Waals surface area contributed by atoms with Crippen LogP contribution in [0.4, 0.5) is 17.1 Å². The van der Waals surface area contributed by atoms with Crippen molar-refractivity contribution in [3.8, 4) is 0 Å². The first kappa shape index (κ1) is 16.8. The normalized spacial score (nSPS) is 13.2. The van der Waals surface area contributed by atoms with Gasteiger partial charge in [-0.25, -0.2) is 0 Å². The van der Waals surface area contributed by atoms with Gasteiger partial charge in [0, 0.05) is 18.3 Å². The number of aryl methyl sites for hydroxylation is 1. The number of carbonyl (C=O) groups excluding carboxylic acids is 1. The Morgan fingerprint density at radius 1 is 1.12 bits per heavy atom. The van der Waals surface area contributed by atoms with E-state index in [1.165, 1.54) is 4.90 Å². The van der Waals surface area contributed by atoms with Gasteiger partial charge in [0.05, 0.1) is 21.5 Å². The van der Waals surface area contributed by atoms with Crippen molar-refractivity contribution < 1.29 is 14.6 Å². The summed E-state index contributed by atoms with van der Waals surface area (Å²) < 4.78 is 0. The lowest BCUT2D eigenvalue weighted by Gasteiger charge is -2.29. The van der Waals surface area contributed by atoms with E-state index in [1.54, 1.807) is 12.1 Å². The van der Waals surface area contributed by atoms with Gasteiger partial charge in [0.25, 0.3) is 17.3 Å². The number of anilines is 1. The molecule has 0 radical (unpaired) electrons. The third kappa shape index (κ3) is 3.03. The molecule has 1 amide bonds. The van der Waals surface area contributed by atoms with Gasteiger partial charge in [0.1, 0.15) is 5.02 Å². The molecule has 0 spiro atoms. The molecule has 0 unspecified atom stereocenters. The first-order valence-corrected chi connectivity index (χ1v) is 7.80. The smallest absolute Gasteiger partial charge is 0.295 e. The number of fused-ring (bicyclic) bond motifs is 1. The monoisotopic (exact) mass is 361 g/mol. The molecule has 25 heavy (non-hydrogen) atoms. The average Bonchev–Trinajstić information content (AvgIpc) is 2.60. The Morgan fingerprint density at radius 3 is 2.52 bits per heavy atom. The molecule has 0 saturated heterocycles. The molecule has 0 saturated carbocycles. The summed E-state index contributed by atoms with van der Waals surface area (Å²) in [6.07, 6.45) is 1.53. The van der Waals surface area contributed by atoms with Crippen LogP contribution in [-0.2, 0) is 6.42 Å². The summed E-state index contributed by atoms with van der Waals surface area (Å²) >= 11 is 6.01. The van der Waals surface area contributed by atoms with Crippen LogP contribution in [-0.4, -0.2) is 22.3 Å². The Hall–Kier alpha value is -3.00. The summed E-state index contributed by atoms with van der Waals surface area (Å²) in [6, 6.07) is 9.04. The topological polar surface area (TPSA) is 107 Å². The van der Waals surface area contributed by atoms with Crippen LogP contribution in [0.15, 0.2) is 36.4 Å². The predicted molar refractivity (Wildman–Crippen MR) is 91.2 cm³/mol. The molecule has 1 aliphatic rings. The maximum atomic E-state index is 12.9. The van der Waals surface area contributed by atoms with Crippen LogP contribution in [0.5, 0.6) is 0 Å². The minimum absolute atomic E-state index is 0.251. The number of carbonyl (C=O) groups is 1. The first-order chi connectivity index (χ1) is 11.9. The molecule has 3 rings (SSSR count). The van der Waals surface area contributed by atoms with Crippen LogP contribution in [0.1, 0.15) is 22.3 Å². The lowest BCUT2D eigenvalue weighted by Crippen LogP contribution is -2.35. The molecule has 1 aliphatic heterocycles. The Morgan fingerprint density at radius 2 is 1.84 bits per heavy atom. The predicted octanol–water partition coefficient (Wildman–Crippen LogP) is 3.75. The quantitative estimate of drug-likeness (QED) is 0.611. The van der Waals surface area contributed by atoms with Crippen molar-refractivity contribution in [2.24, 2.45) is 0 Å². The van der Waals surface area contributed by atoms with E-state index in [-0.39, 0.29) is 5.56 Å². The van der Waals surface area contributed by atoms with Gasteiger partial charge < -0.3 is 4.90 Å². The van der Waals surface area contributed by atoms with Gasteiger partial charge in [0.2, 0.25) is 0 Å². The molecular formula is C16H12ClN3O5. The second-order valence-electron chi connectivity index (χ2n) is 5.53. The van der Waals surface area contributed by atoms with E-state index in [4.69, 9.17) is 11.6 Å². The van der Waals surface area contributed by atoms with E-state index in [0.717, 1.165) is 30.5 Å². The molecule has 0 aromatic heterocycles. The lowest BCUT2D eigenvalue weighted by atomic mass is 10.0. The van der Waals surface area contributed by atoms with Gasteiger partial charge in [-0.2, -0.15) is 0 Å². The van der Waals surface area contributed by atoms with E-state index < -0.39 is 32.2 Å². The van der Waals surface area contributed by atoms with Crippen molar-refractivity contribution in [3.63, 3.8) is 0 Å². The summed E-state index contributed by atoms with van der Waals surface area (Å²) in [6.45, 7) is 0.405. The largest absolute Gasteiger partial charge is 0.308 e. The summed E-state index contributed by atoms with van der Waals surface area (Å²) in [7, 11) is 0. The molecule has 0 bridgehead atoms. The molecule has 0 N–H and O–H groups in total. The van der Waals surface area contributed by atoms with Crippen molar-refractivity contribution in [2.45, 2.75) is 12.8 Å². The second-order valence-corrected chi connectivity index (χ2v) is 5.91. The van der Waals surface area contributed by atoms with Gasteiger partial charge in [0.15, 0.2) is 0 Å². The zero-order valence-corrected chi connectivity index (χ0v) is 13.6. The SMILES string of the molecule is O=C(c1cc([N+](=O)[O-])cc([N+](=O)[O-])c1Cl)N1CCCc2ccccc21. The van der Waals surface area contributed by atoms with Crippen molar-refractivity contribution >= 4 is 34.6 Å². The molecule has 0 fully saturated rings. The van der Waals surface area contributed by atoms with Crippen LogP contribution in [0.3, 0.4) is 0 Å². The van der Waals surface area contributed by atoms with E-state index in [1.807, 2.05) is 12.1 Å². The van der Waals surface area contributed by atoms with E-state index >= 15 is 0 Å². The average molecular weight is 362 g/mol. The fraction of sp³-hybridized carbons (Fsp3) is 0.188. The number of benzene rings is 2. The number of rotatable bonds is 3. The fourth-order valence-electron chi connectivity index (χ4n) is 2.88. The van der Waals surface area contributed by atoms with Gasteiger partial charge >= 0.3 is 0 Å². The van der Waals surface area contributed by atoms with Crippen LogP contribution in [0.2, 0.25) is 5.02 Å². The number of nitrogens with zero attached hydrogens (tertiary/aromatic N) is 3. The Labute approximate surface area is 146 Å². The highest BCUT2D eigenvalue weighted by Crippen LogP contribution is 2.35. The number of hydrogen-bond acceptors (Lipinski definition) is 5. The number of nitro groups is 2. The molecule has 8 nitrogen and oxygen atoms in total. The molecular weight excluding hydrogens is 350 g/mol. The van der Waals surface area contributed by atoms with Crippen molar-refractivity contribution in [2.75, 3.05) is 11.4 Å². The van der Waals surface area contributed by atoms with Crippen LogP contribution in [0.25, 0.3) is 0 Å². The van der Waals surface area contributed by atoms with E-state index in [0.29, 0.717) is 12.2 Å². The van der Waals surface area contributed by atoms with E-state index in [2.05, 4.69) is 0 Å². The molecule has 2 aromatic carbocycles. The summed E-state index contributed by atoms with van der Waals surface area (Å²) in [4.78, 5) is 34.9. The molecule has 1 heterocycles. The van der Waals surface area contributed by atoms with Crippen molar-refractivity contribution in [1.29, 1.82) is 0 Å². The fourth-order valence-corrected chi connectivity index (χ4v) is 3.14. The zero-order valence-electron chi connectivity index (χ0n) is 12.8. The highest BCUT2D eigenvalue weighted by atomic mass is 35.5. The Bertz CT molecular complexity index is 899. The van der Waals surface area contributed by atoms with Crippen molar-refractivity contribution in [3.05, 3.63) is 72.8 Å². The molecule has 128 valence electrons. The maximum absolute atomic E-state index is 12.9. The number of amides is 1. The lowest BCUT2D eigenvalue weighted by molar-refractivity contribution is -0.394. The number of hydrogen-bond donors (Lipinski definition) is 0. The van der Waals surface area contributed by atoms with E-state index in [9.17, 15) is 25.0 Å². The molecule has 2 aromatic rings. The van der Waals surface area contributed by atoms with Gasteiger partial charge in [-0.05, 0) is 24.5 Å². The Balaban J connectivity index is 2.12. The van der Waals surface area contributed by atoms with Crippen LogP contribution in [0, 0.1) is 20.2 Å². The van der Waals surface area contributed by atoms with Gasteiger partial charge in [-0.15, -0.1) is 0 Å². The molecule has 0 aliphatic carbocycles. The number of nitro benzene ring substituents is 2. The third-order valence-corrected chi connectivity index (χ3v) is 4.43. The molecule has 9 heteroatoms. The highest BCUT2D eigenvalue weighted by Gasteiger charge is 2.30. The second kappa shape index (κ2) is 6.48. The summed E-state index contributed by atoms with van der Waals surface area (Å²) in [5.41, 5.74) is 0.190. The number of para-hydroxylation sites is 1. The van der Waals surface area contributed by atoms with Gasteiger partial charge in [-0.1, -0.05) is 29.8 Å². The summed E-state index contributed by atoms with van der Waals surface area (Å²) in [5.74, 6) is -0.594. The first-order valence-electron chi connectivity index (χ1n) is 7.42. The summed E-state index contributed by atoms with van der Waals surface area (Å²) in [5, 5.41) is 21.8. The third-order valence-electron chi connectivity index (χ3n) is 4.03. The maximum Gasteiger partial charge on any atom is 0.295 e. The van der Waals surface area contributed by atoms with Crippen molar-refractivity contribution in [1.82, 2.24) is 0 Å². The molecule has 0 atom stereocenters. The zero-order chi connectivity index (χ0) is 18.1. The minimum Gasteiger partial charge on any atom is -0.308 e. The highest BCUT2D eigenvalue weighted by molar-refractivity contribution is 6.36. The van der Waals surface area contributed by atoms with Crippen LogP contribution >= 0.6 is 11.6 Å². The number of halogens is 1.